The van der Waals surface area contributed by atoms with Crippen LogP contribution in [0.2, 0.25) is 0 Å². The molecule has 0 saturated carbocycles. The van der Waals surface area contributed by atoms with Crippen LogP contribution in [0.4, 0.5) is 0 Å². The van der Waals surface area contributed by atoms with Gasteiger partial charge in [-0.15, -0.1) is 0 Å². The largest absolute Gasteiger partial charge is 0.504 e. The van der Waals surface area contributed by atoms with Gasteiger partial charge in [0.15, 0.2) is 11.5 Å². The summed E-state index contributed by atoms with van der Waals surface area (Å²) in [5.41, 5.74) is 0.762. The summed E-state index contributed by atoms with van der Waals surface area (Å²) in [6.07, 6.45) is 1.82. The van der Waals surface area contributed by atoms with E-state index in [1.54, 1.807) is 26.0 Å². The molecule has 1 aromatic carbocycles. The Morgan fingerprint density at radius 3 is 2.76 bits per heavy atom. The number of nitro groups is 1. The first kappa shape index (κ1) is 13.0. The highest BCUT2D eigenvalue weighted by Gasteiger charge is 2.09. The Morgan fingerprint density at radius 2 is 2.24 bits per heavy atom. The Kier molecular flexibility index (Phi) is 4.51. The number of phenolic OH excluding ortho intramolecular Hbond substituents is 1. The lowest BCUT2D eigenvalue weighted by Crippen LogP contribution is -1.97. The normalized spacial score (nSPS) is 11.3. The molecule has 5 heteroatoms. The third-order valence-electron chi connectivity index (χ3n) is 2.21. The van der Waals surface area contributed by atoms with Crippen molar-refractivity contribution in [1.82, 2.24) is 0 Å². The van der Waals surface area contributed by atoms with Gasteiger partial charge >= 0.3 is 0 Å². The van der Waals surface area contributed by atoms with Crippen LogP contribution in [0.1, 0.15) is 25.8 Å². The molecular formula is C12H15NO4. The molecule has 0 aliphatic heterocycles. The maximum Gasteiger partial charge on any atom is 0.246 e. The highest BCUT2D eigenvalue weighted by molar-refractivity contribution is 5.56. The molecule has 0 radical (unpaired) electrons. The average Bonchev–Trinajstić information content (AvgIpc) is 2.30. The van der Waals surface area contributed by atoms with E-state index in [2.05, 4.69) is 0 Å². The van der Waals surface area contributed by atoms with Gasteiger partial charge in [0.25, 0.3) is 0 Å². The predicted molar refractivity (Wildman–Crippen MR) is 64.5 cm³/mol. The maximum absolute atomic E-state index is 10.7. The van der Waals surface area contributed by atoms with E-state index < -0.39 is 4.92 Å². The number of hydrogen-bond acceptors (Lipinski definition) is 4. The van der Waals surface area contributed by atoms with Gasteiger partial charge < -0.3 is 9.84 Å². The summed E-state index contributed by atoms with van der Waals surface area (Å²) in [5, 5.41) is 20.2. The molecule has 92 valence electrons. The molecule has 0 atom stereocenters. The molecule has 0 fully saturated rings. The molecule has 0 unspecified atom stereocenters. The number of benzene rings is 1. The summed E-state index contributed by atoms with van der Waals surface area (Å²) in [6.45, 7) is 3.95. The van der Waals surface area contributed by atoms with Crippen molar-refractivity contribution in [1.29, 1.82) is 0 Å². The molecule has 0 amide bonds. The van der Waals surface area contributed by atoms with Crippen molar-refractivity contribution in [3.63, 3.8) is 0 Å². The predicted octanol–water partition coefficient (Wildman–Crippen LogP) is 2.82. The zero-order chi connectivity index (χ0) is 12.8. The van der Waals surface area contributed by atoms with Crippen LogP contribution in [0.3, 0.4) is 0 Å². The van der Waals surface area contributed by atoms with E-state index >= 15 is 0 Å². The minimum Gasteiger partial charge on any atom is -0.504 e. The van der Waals surface area contributed by atoms with Crippen LogP contribution in [0.5, 0.6) is 11.5 Å². The van der Waals surface area contributed by atoms with E-state index in [4.69, 9.17) is 4.74 Å². The SMILES string of the molecule is CCOc1cc(C=C(CC)[N+](=O)[O-])ccc1O. The number of nitrogens with zero attached hydrogens (tertiary/aromatic N) is 1. The van der Waals surface area contributed by atoms with E-state index in [-0.39, 0.29) is 11.4 Å². The molecule has 0 heterocycles. The Morgan fingerprint density at radius 1 is 1.53 bits per heavy atom. The van der Waals surface area contributed by atoms with E-state index in [0.29, 0.717) is 24.3 Å². The third kappa shape index (κ3) is 3.48. The topological polar surface area (TPSA) is 72.6 Å². The van der Waals surface area contributed by atoms with Crippen LogP contribution in [0, 0.1) is 10.1 Å². The molecule has 0 aliphatic carbocycles. The molecule has 0 spiro atoms. The Bertz CT molecular complexity index is 440. The number of hydrogen-bond donors (Lipinski definition) is 1. The van der Waals surface area contributed by atoms with Gasteiger partial charge in [0.2, 0.25) is 5.70 Å². The van der Waals surface area contributed by atoms with E-state index in [9.17, 15) is 15.2 Å². The number of allylic oxidation sites excluding steroid dienone is 1. The highest BCUT2D eigenvalue weighted by atomic mass is 16.6. The van der Waals surface area contributed by atoms with E-state index in [0.717, 1.165) is 0 Å². The van der Waals surface area contributed by atoms with E-state index in [1.807, 2.05) is 0 Å². The van der Waals surface area contributed by atoms with Crippen molar-refractivity contribution in [3.05, 3.63) is 39.6 Å². The zero-order valence-corrected chi connectivity index (χ0v) is 9.84. The summed E-state index contributed by atoms with van der Waals surface area (Å²) in [5.74, 6) is 0.364. The Balaban J connectivity index is 3.07. The monoisotopic (exact) mass is 237 g/mol. The van der Waals surface area contributed by atoms with E-state index in [1.165, 1.54) is 12.1 Å². The maximum atomic E-state index is 10.7. The first-order valence-electron chi connectivity index (χ1n) is 5.39. The second-order valence-electron chi connectivity index (χ2n) is 3.41. The fourth-order valence-electron chi connectivity index (χ4n) is 1.37. The molecule has 1 N–H and O–H groups in total. The second kappa shape index (κ2) is 5.89. The van der Waals surface area contributed by atoms with Gasteiger partial charge in [-0.2, -0.15) is 0 Å². The van der Waals surface area contributed by atoms with Gasteiger partial charge in [0, 0.05) is 12.5 Å². The number of aromatic hydroxyl groups is 1. The molecule has 17 heavy (non-hydrogen) atoms. The third-order valence-corrected chi connectivity index (χ3v) is 2.21. The second-order valence-corrected chi connectivity index (χ2v) is 3.41. The molecule has 0 aliphatic rings. The van der Waals surface area contributed by atoms with Crippen LogP contribution in [0.25, 0.3) is 6.08 Å². The number of rotatable bonds is 5. The summed E-state index contributed by atoms with van der Waals surface area (Å²) < 4.78 is 5.20. The van der Waals surface area contributed by atoms with Crippen LogP contribution >= 0.6 is 0 Å². The summed E-state index contributed by atoms with van der Waals surface area (Å²) in [6, 6.07) is 4.65. The van der Waals surface area contributed by atoms with Crippen molar-refractivity contribution >= 4 is 6.08 Å². The summed E-state index contributed by atoms with van der Waals surface area (Å²) >= 11 is 0. The van der Waals surface area contributed by atoms with Crippen molar-refractivity contribution in [2.24, 2.45) is 0 Å². The van der Waals surface area contributed by atoms with Gasteiger partial charge in [-0.25, -0.2) is 0 Å². The molecule has 0 bridgehead atoms. The quantitative estimate of drug-likeness (QED) is 0.631. The molecule has 0 saturated heterocycles. The van der Waals surface area contributed by atoms with Crippen LogP contribution < -0.4 is 4.74 Å². The van der Waals surface area contributed by atoms with Gasteiger partial charge in [-0.1, -0.05) is 13.0 Å². The lowest BCUT2D eigenvalue weighted by molar-refractivity contribution is -0.425. The fourth-order valence-corrected chi connectivity index (χ4v) is 1.37. The molecule has 1 rings (SSSR count). The smallest absolute Gasteiger partial charge is 0.246 e. The van der Waals surface area contributed by atoms with Crippen LogP contribution in [-0.2, 0) is 0 Å². The van der Waals surface area contributed by atoms with Gasteiger partial charge in [-0.3, -0.25) is 10.1 Å². The fraction of sp³-hybridized carbons (Fsp3) is 0.333. The standard InChI is InChI=1S/C12H15NO4/c1-3-10(13(15)16)7-9-5-6-11(14)12(8-9)17-4-2/h5-8,14H,3-4H2,1-2H3. The first-order valence-corrected chi connectivity index (χ1v) is 5.39. The van der Waals surface area contributed by atoms with Crippen LogP contribution in [0.15, 0.2) is 23.9 Å². The van der Waals surface area contributed by atoms with Crippen LogP contribution in [-0.4, -0.2) is 16.6 Å². The first-order chi connectivity index (χ1) is 8.08. The zero-order valence-electron chi connectivity index (χ0n) is 9.84. The van der Waals surface area contributed by atoms with Crippen molar-refractivity contribution in [2.75, 3.05) is 6.61 Å². The van der Waals surface area contributed by atoms with Crippen molar-refractivity contribution in [2.45, 2.75) is 20.3 Å². The number of phenols is 1. The molecular weight excluding hydrogens is 222 g/mol. The Labute approximate surface area is 99.5 Å². The lowest BCUT2D eigenvalue weighted by Gasteiger charge is -2.06. The number of ether oxygens (including phenoxy) is 1. The van der Waals surface area contributed by atoms with Gasteiger partial charge in [-0.05, 0) is 24.6 Å². The lowest BCUT2D eigenvalue weighted by atomic mass is 10.1. The van der Waals surface area contributed by atoms with Gasteiger partial charge in [0.05, 0.1) is 11.5 Å². The Hall–Kier alpha value is -2.04. The van der Waals surface area contributed by atoms with Crippen molar-refractivity contribution < 1.29 is 14.8 Å². The summed E-state index contributed by atoms with van der Waals surface area (Å²) in [4.78, 5) is 10.3. The molecule has 1 aromatic rings. The summed E-state index contributed by atoms with van der Waals surface area (Å²) in [7, 11) is 0. The minimum absolute atomic E-state index is 0.0307. The highest BCUT2D eigenvalue weighted by Crippen LogP contribution is 2.27. The van der Waals surface area contributed by atoms with Gasteiger partial charge in [0.1, 0.15) is 0 Å². The minimum atomic E-state index is -0.410. The van der Waals surface area contributed by atoms with Crippen molar-refractivity contribution in [3.8, 4) is 11.5 Å². The molecule has 5 nitrogen and oxygen atoms in total. The average molecular weight is 237 g/mol. The molecule has 0 aromatic heterocycles.